The Kier molecular flexibility index (Phi) is 9.99. The van der Waals surface area contributed by atoms with Crippen molar-refractivity contribution in [3.8, 4) is 51.2 Å². The van der Waals surface area contributed by atoms with Crippen molar-refractivity contribution in [2.24, 2.45) is 10.1 Å². The Balaban J connectivity index is 1.53. The van der Waals surface area contributed by atoms with Crippen LogP contribution in [0.25, 0.3) is 50.0 Å². The largest absolute Gasteiger partial charge is 0.416 e. The van der Waals surface area contributed by atoms with Gasteiger partial charge < -0.3 is 0 Å². The van der Waals surface area contributed by atoms with Crippen LogP contribution >= 0.6 is 0 Å². The van der Waals surface area contributed by atoms with E-state index >= 15 is 0 Å². The standard InChI is InChI=1S/C40H16F12N8/c1-54-60-36-34-32(56-27(19-2-10-23(11-3-19)37(41,42)43)29(58-34)21-6-14-25(15-7-21)39(47,48)49)31(55-18-53)33-35(36)59-30(22-8-16-26(17-9-22)40(50,51)52)28(57-33)20-4-12-24(13-5-20)38(44,45)46/h2-17H. The predicted molar refractivity (Wildman–Crippen MR) is 189 cm³/mol. The lowest BCUT2D eigenvalue weighted by atomic mass is 9.92. The van der Waals surface area contributed by atoms with Crippen LogP contribution in [0.3, 0.4) is 0 Å². The Morgan fingerprint density at radius 1 is 0.400 bits per heavy atom. The van der Waals surface area contributed by atoms with Gasteiger partial charge in [-0.3, -0.25) is 0 Å². The number of benzene rings is 4. The molecule has 0 N–H and O–H groups in total. The van der Waals surface area contributed by atoms with E-state index in [0.29, 0.717) is 48.5 Å². The molecule has 1 aliphatic rings. The fourth-order valence-corrected chi connectivity index (χ4v) is 6.13. The molecule has 1 aliphatic carbocycles. The second kappa shape index (κ2) is 14.7. The van der Waals surface area contributed by atoms with E-state index in [0.717, 1.165) is 48.5 Å². The van der Waals surface area contributed by atoms with Crippen LogP contribution in [-0.2, 0) is 24.7 Å². The molecular weight excluding hydrogens is 820 g/mol. The molecule has 0 amide bonds. The molecule has 0 bridgehead atoms. The third kappa shape index (κ3) is 7.74. The van der Waals surface area contributed by atoms with E-state index < -0.39 is 58.4 Å². The Morgan fingerprint density at radius 3 is 0.833 bits per heavy atom. The van der Waals surface area contributed by atoms with Crippen LogP contribution in [0.4, 0.5) is 52.7 Å². The fourth-order valence-electron chi connectivity index (χ4n) is 6.13. The molecule has 20 heteroatoms. The smallest absolute Gasteiger partial charge is 0.241 e. The molecule has 0 unspecified atom stereocenters. The van der Waals surface area contributed by atoms with Gasteiger partial charge in [0.05, 0.1) is 50.1 Å². The number of aliphatic imine (C=N–C) groups is 1. The highest BCUT2D eigenvalue weighted by atomic mass is 19.4. The summed E-state index contributed by atoms with van der Waals surface area (Å²) < 4.78 is 162. The van der Waals surface area contributed by atoms with E-state index in [-0.39, 0.29) is 67.8 Å². The van der Waals surface area contributed by atoms with Crippen LogP contribution < -0.4 is 0 Å². The van der Waals surface area contributed by atoms with Gasteiger partial charge in [0.25, 0.3) is 0 Å². The van der Waals surface area contributed by atoms with Crippen molar-refractivity contribution in [2.45, 2.75) is 24.7 Å². The number of nitrogens with zero attached hydrogens (tertiary/aromatic N) is 8. The van der Waals surface area contributed by atoms with Gasteiger partial charge in [0.2, 0.25) is 11.9 Å². The lowest BCUT2D eigenvalue weighted by Crippen LogP contribution is -2.29. The third-order valence-electron chi connectivity index (χ3n) is 8.94. The Labute approximate surface area is 328 Å². The zero-order valence-electron chi connectivity index (χ0n) is 29.4. The van der Waals surface area contributed by atoms with Crippen molar-refractivity contribution in [1.29, 1.82) is 5.26 Å². The van der Waals surface area contributed by atoms with E-state index in [1.54, 1.807) is 6.19 Å². The van der Waals surface area contributed by atoms with Gasteiger partial charge in [0, 0.05) is 22.3 Å². The molecular formula is C40H16F12N8. The van der Waals surface area contributed by atoms with Gasteiger partial charge >= 0.3 is 24.7 Å². The highest BCUT2D eigenvalue weighted by molar-refractivity contribution is 6.29. The minimum absolute atomic E-state index is 0.0471. The predicted octanol–water partition coefficient (Wildman–Crippen LogP) is 11.3. The van der Waals surface area contributed by atoms with Gasteiger partial charge in [-0.1, -0.05) is 48.5 Å². The summed E-state index contributed by atoms with van der Waals surface area (Å²) in [7, 11) is 0. The molecule has 6 aromatic rings. The maximum atomic E-state index is 13.5. The van der Waals surface area contributed by atoms with Gasteiger partial charge in [-0.05, 0) is 48.5 Å². The average molecular weight is 837 g/mol. The summed E-state index contributed by atoms with van der Waals surface area (Å²) in [5, 5.41) is 13.7. The van der Waals surface area contributed by atoms with Crippen molar-refractivity contribution < 1.29 is 52.7 Å². The van der Waals surface area contributed by atoms with Crippen molar-refractivity contribution >= 4 is 11.4 Å². The minimum Gasteiger partial charge on any atom is -0.241 e. The van der Waals surface area contributed by atoms with Crippen molar-refractivity contribution in [1.82, 2.24) is 19.9 Å². The van der Waals surface area contributed by atoms with Gasteiger partial charge in [-0.15, -0.1) is 4.95 Å². The zero-order chi connectivity index (χ0) is 43.4. The third-order valence-corrected chi connectivity index (χ3v) is 8.94. The summed E-state index contributed by atoms with van der Waals surface area (Å²) in [6, 6.07) is 13.8. The highest BCUT2D eigenvalue weighted by Gasteiger charge is 2.39. The zero-order valence-corrected chi connectivity index (χ0v) is 29.4. The first-order valence-corrected chi connectivity index (χ1v) is 16.7. The topological polar surface area (TPSA) is 104 Å². The molecule has 0 atom stereocenters. The Morgan fingerprint density at radius 2 is 0.633 bits per heavy atom. The lowest BCUT2D eigenvalue weighted by molar-refractivity contribution is -0.138. The molecule has 2 aromatic heterocycles. The first-order valence-electron chi connectivity index (χ1n) is 16.7. The number of hydrogen-bond acceptors (Lipinski definition) is 7. The van der Waals surface area contributed by atoms with Gasteiger partial charge in [0.15, 0.2) is 0 Å². The molecule has 0 radical (unpaired) electrons. The Hall–Kier alpha value is -7.48. The second-order valence-electron chi connectivity index (χ2n) is 12.6. The quantitative estimate of drug-likeness (QED) is 0.0760. The van der Waals surface area contributed by atoms with Crippen molar-refractivity contribution in [3.05, 3.63) is 154 Å². The molecule has 2 heterocycles. The fraction of sp³-hybridized carbons (Fsp3) is 0.100. The number of rotatable bonds is 4. The van der Waals surface area contributed by atoms with Crippen LogP contribution in [-0.4, -0.2) is 31.4 Å². The summed E-state index contributed by atoms with van der Waals surface area (Å²) in [6.07, 6.45) is -17.5. The van der Waals surface area contributed by atoms with Crippen LogP contribution in [0.2, 0.25) is 0 Å². The van der Waals surface area contributed by atoms with Crippen molar-refractivity contribution in [2.75, 3.05) is 0 Å². The van der Waals surface area contributed by atoms with Crippen LogP contribution in [0, 0.1) is 18.0 Å². The molecule has 4 aromatic carbocycles. The second-order valence-corrected chi connectivity index (χ2v) is 12.6. The molecule has 60 heavy (non-hydrogen) atoms. The van der Waals surface area contributed by atoms with Gasteiger partial charge in [0.1, 0.15) is 28.5 Å². The monoisotopic (exact) mass is 836 g/mol. The maximum absolute atomic E-state index is 13.5. The number of fused-ring (bicyclic) bond motifs is 2. The SMILES string of the molecule is [C-]#[N+]N=C1c2nc(-c3ccc(C(F)(F)F)cc3)c(-c3ccc(C(F)(F)F)cc3)nc2C(=NC#N)c2nc(-c3ccc(C(F)(F)F)cc3)c(-c3ccc(C(F)(F)F)cc3)nc21. The normalized spacial score (nSPS) is 12.9. The maximum Gasteiger partial charge on any atom is 0.416 e. The average Bonchev–Trinajstić information content (AvgIpc) is 3.20. The van der Waals surface area contributed by atoms with E-state index in [1.165, 1.54) is 0 Å². The Bertz CT molecular complexity index is 2420. The summed E-state index contributed by atoms with van der Waals surface area (Å²) >= 11 is 0. The van der Waals surface area contributed by atoms with Crippen LogP contribution in [0.15, 0.2) is 107 Å². The van der Waals surface area contributed by atoms with Gasteiger partial charge in [-0.25, -0.2) is 19.9 Å². The summed E-state index contributed by atoms with van der Waals surface area (Å²) in [5.41, 5.74) is -7.74. The number of alkyl halides is 12. The van der Waals surface area contributed by atoms with Crippen LogP contribution in [0.1, 0.15) is 45.0 Å². The molecule has 0 fully saturated rings. The number of nitriles is 1. The van der Waals surface area contributed by atoms with Gasteiger partial charge in [-0.2, -0.15) is 69.5 Å². The summed E-state index contributed by atoms with van der Waals surface area (Å²) in [4.78, 5) is 25.2. The number of hydrogen-bond donors (Lipinski definition) is 0. The van der Waals surface area contributed by atoms with E-state index in [1.807, 2.05) is 0 Å². The van der Waals surface area contributed by atoms with Crippen LogP contribution in [0.5, 0.6) is 0 Å². The van der Waals surface area contributed by atoms with E-state index in [9.17, 15) is 57.9 Å². The van der Waals surface area contributed by atoms with E-state index in [2.05, 4.69) is 35.0 Å². The first kappa shape index (κ1) is 40.7. The first-order chi connectivity index (χ1) is 28.2. The number of aromatic nitrogens is 4. The molecule has 8 nitrogen and oxygen atoms in total. The summed E-state index contributed by atoms with van der Waals surface area (Å²) in [5.74, 6) is 0. The minimum atomic E-state index is -4.76. The highest BCUT2D eigenvalue weighted by Crippen LogP contribution is 2.40. The van der Waals surface area contributed by atoms with E-state index in [4.69, 9.17) is 6.57 Å². The molecule has 0 spiro atoms. The summed E-state index contributed by atoms with van der Waals surface area (Å²) in [6.45, 7) is 7.61. The lowest BCUT2D eigenvalue weighted by Gasteiger charge is -2.22. The molecule has 0 aliphatic heterocycles. The van der Waals surface area contributed by atoms with Crippen molar-refractivity contribution in [3.63, 3.8) is 0 Å². The molecule has 7 rings (SSSR count). The number of halogens is 12. The molecule has 300 valence electrons. The molecule has 0 saturated carbocycles. The molecule has 0 saturated heterocycles.